The molecule has 1 aliphatic rings. The number of esters is 1. The third-order valence-electron chi connectivity index (χ3n) is 5.91. The summed E-state index contributed by atoms with van der Waals surface area (Å²) in [6.07, 6.45) is 0. The van der Waals surface area contributed by atoms with Gasteiger partial charge in [-0.25, -0.2) is 9.18 Å². The highest BCUT2D eigenvalue weighted by molar-refractivity contribution is 7.80. The van der Waals surface area contributed by atoms with Crippen LogP contribution < -0.4 is 15.5 Å². The number of piperazine rings is 1. The fourth-order valence-electron chi connectivity index (χ4n) is 4.03. The van der Waals surface area contributed by atoms with Crippen LogP contribution >= 0.6 is 12.2 Å². The van der Waals surface area contributed by atoms with Gasteiger partial charge in [0.25, 0.3) is 11.8 Å². The largest absolute Gasteiger partial charge is 0.465 e. The maximum atomic E-state index is 13.5. The Morgan fingerprint density at radius 1 is 0.865 bits per heavy atom. The molecular formula is C27H25FN4O4S. The average molecular weight is 521 g/mol. The fourth-order valence-corrected chi connectivity index (χ4v) is 4.23. The average Bonchev–Trinajstić information content (AvgIpc) is 2.92. The van der Waals surface area contributed by atoms with Crippen molar-refractivity contribution < 1.29 is 23.5 Å². The highest BCUT2D eigenvalue weighted by atomic mass is 32.1. The summed E-state index contributed by atoms with van der Waals surface area (Å²) in [5.41, 5.74) is 2.27. The van der Waals surface area contributed by atoms with E-state index in [9.17, 15) is 18.8 Å². The second-order valence-electron chi connectivity index (χ2n) is 8.29. The number of methoxy groups -OCH3 is 1. The van der Waals surface area contributed by atoms with Crippen molar-refractivity contribution in [2.75, 3.05) is 43.5 Å². The van der Waals surface area contributed by atoms with Gasteiger partial charge in [0.15, 0.2) is 5.11 Å². The number of carbonyl (C=O) groups excluding carboxylic acids is 3. The molecule has 3 aromatic rings. The van der Waals surface area contributed by atoms with E-state index in [2.05, 4.69) is 15.5 Å². The van der Waals surface area contributed by atoms with Crippen LogP contribution in [0.25, 0.3) is 0 Å². The lowest BCUT2D eigenvalue weighted by molar-refractivity contribution is 0.0600. The molecule has 190 valence electrons. The van der Waals surface area contributed by atoms with Gasteiger partial charge in [0.2, 0.25) is 0 Å². The first-order chi connectivity index (χ1) is 17.9. The zero-order valence-electron chi connectivity index (χ0n) is 20.1. The summed E-state index contributed by atoms with van der Waals surface area (Å²) in [4.78, 5) is 41.3. The van der Waals surface area contributed by atoms with E-state index in [1.165, 1.54) is 25.3 Å². The topological polar surface area (TPSA) is 91.0 Å². The van der Waals surface area contributed by atoms with E-state index < -0.39 is 17.7 Å². The molecule has 0 atom stereocenters. The van der Waals surface area contributed by atoms with Gasteiger partial charge in [-0.15, -0.1) is 0 Å². The van der Waals surface area contributed by atoms with E-state index in [-0.39, 0.29) is 16.6 Å². The van der Waals surface area contributed by atoms with E-state index in [0.717, 1.165) is 11.8 Å². The lowest BCUT2D eigenvalue weighted by Gasteiger charge is -2.37. The maximum absolute atomic E-state index is 13.5. The molecule has 10 heteroatoms. The minimum Gasteiger partial charge on any atom is -0.465 e. The highest BCUT2D eigenvalue weighted by Gasteiger charge is 2.24. The third kappa shape index (κ3) is 6.28. The molecular weight excluding hydrogens is 495 g/mol. The number of anilines is 2. The first kappa shape index (κ1) is 25.8. The summed E-state index contributed by atoms with van der Waals surface area (Å²) in [5.74, 6) is -1.66. The number of amides is 2. The molecule has 0 unspecified atom stereocenters. The summed E-state index contributed by atoms with van der Waals surface area (Å²) in [6, 6.07) is 19.4. The first-order valence-electron chi connectivity index (χ1n) is 11.6. The molecule has 0 aromatic heterocycles. The number of rotatable bonds is 5. The highest BCUT2D eigenvalue weighted by Crippen LogP contribution is 2.29. The first-order valence-corrected chi connectivity index (χ1v) is 12.0. The predicted octanol–water partition coefficient (Wildman–Crippen LogP) is 3.70. The Balaban J connectivity index is 1.49. The van der Waals surface area contributed by atoms with Crippen LogP contribution in [0.3, 0.4) is 0 Å². The Morgan fingerprint density at radius 2 is 1.57 bits per heavy atom. The standard InChI is InChI=1S/C27H25FN4O4S/c1-36-26(35)20-10-11-23(31-12-14-32(15-13-31)25(34)18-6-3-2-4-7-18)22(17-20)29-27(37)30-24(33)19-8-5-9-21(28)16-19/h2-11,16-17H,12-15H2,1H3,(H2,29,30,33,37). The number of hydrogen-bond acceptors (Lipinski definition) is 6. The lowest BCUT2D eigenvalue weighted by Crippen LogP contribution is -2.49. The second-order valence-corrected chi connectivity index (χ2v) is 8.70. The van der Waals surface area contributed by atoms with E-state index in [1.54, 1.807) is 35.2 Å². The van der Waals surface area contributed by atoms with Gasteiger partial charge < -0.3 is 19.9 Å². The number of nitrogens with zero attached hydrogens (tertiary/aromatic N) is 2. The van der Waals surface area contributed by atoms with Crippen LogP contribution in [0.5, 0.6) is 0 Å². The summed E-state index contributed by atoms with van der Waals surface area (Å²) in [7, 11) is 1.29. The van der Waals surface area contributed by atoms with Crippen molar-refractivity contribution >= 4 is 46.5 Å². The van der Waals surface area contributed by atoms with Gasteiger partial charge in [-0.05, 0) is 60.7 Å². The number of nitrogens with one attached hydrogen (secondary N) is 2. The zero-order chi connectivity index (χ0) is 26.4. The monoisotopic (exact) mass is 520 g/mol. The number of hydrogen-bond donors (Lipinski definition) is 2. The minimum atomic E-state index is -0.573. The van der Waals surface area contributed by atoms with Crippen molar-refractivity contribution in [3.8, 4) is 0 Å². The molecule has 2 amide bonds. The lowest BCUT2D eigenvalue weighted by atomic mass is 10.1. The molecule has 4 rings (SSSR count). The van der Waals surface area contributed by atoms with Crippen LogP contribution in [0, 0.1) is 5.82 Å². The fraction of sp³-hybridized carbons (Fsp3) is 0.185. The number of benzene rings is 3. The number of thiocarbonyl (C=S) groups is 1. The van der Waals surface area contributed by atoms with Crippen LogP contribution in [0.1, 0.15) is 31.1 Å². The maximum Gasteiger partial charge on any atom is 0.337 e. The zero-order valence-corrected chi connectivity index (χ0v) is 20.9. The van der Waals surface area contributed by atoms with Crippen molar-refractivity contribution in [2.45, 2.75) is 0 Å². The Bertz CT molecular complexity index is 1330. The Hall–Kier alpha value is -4.31. The minimum absolute atomic E-state index is 0.0181. The molecule has 37 heavy (non-hydrogen) atoms. The van der Waals surface area contributed by atoms with E-state index in [1.807, 2.05) is 18.2 Å². The van der Waals surface area contributed by atoms with E-state index in [0.29, 0.717) is 43.0 Å². The van der Waals surface area contributed by atoms with Crippen LogP contribution in [0.4, 0.5) is 15.8 Å². The molecule has 2 N–H and O–H groups in total. The van der Waals surface area contributed by atoms with Crippen molar-refractivity contribution in [2.24, 2.45) is 0 Å². The molecule has 1 saturated heterocycles. The summed E-state index contributed by atoms with van der Waals surface area (Å²) < 4.78 is 18.3. The molecule has 0 radical (unpaired) electrons. The van der Waals surface area contributed by atoms with Crippen molar-refractivity contribution in [1.29, 1.82) is 0 Å². The summed E-state index contributed by atoms with van der Waals surface area (Å²) >= 11 is 5.33. The molecule has 0 bridgehead atoms. The normalized spacial score (nSPS) is 13.0. The van der Waals surface area contributed by atoms with Gasteiger partial charge >= 0.3 is 5.97 Å². The van der Waals surface area contributed by atoms with Gasteiger partial charge in [0.1, 0.15) is 5.82 Å². The van der Waals surface area contributed by atoms with E-state index in [4.69, 9.17) is 17.0 Å². The number of halogens is 1. The van der Waals surface area contributed by atoms with Crippen LogP contribution in [0.2, 0.25) is 0 Å². The molecule has 1 fully saturated rings. The summed E-state index contributed by atoms with van der Waals surface area (Å²) in [6.45, 7) is 2.11. The SMILES string of the molecule is COC(=O)c1ccc(N2CCN(C(=O)c3ccccc3)CC2)c(NC(=S)NC(=O)c2cccc(F)c2)c1. The van der Waals surface area contributed by atoms with Gasteiger partial charge in [0, 0.05) is 37.3 Å². The van der Waals surface area contributed by atoms with Gasteiger partial charge in [0.05, 0.1) is 24.0 Å². The number of carbonyl (C=O) groups is 3. The van der Waals surface area contributed by atoms with Gasteiger partial charge in [-0.2, -0.15) is 0 Å². The third-order valence-corrected chi connectivity index (χ3v) is 6.11. The van der Waals surface area contributed by atoms with Crippen LogP contribution in [-0.4, -0.2) is 61.1 Å². The quantitative estimate of drug-likeness (QED) is 0.392. The van der Waals surface area contributed by atoms with Crippen LogP contribution in [-0.2, 0) is 4.74 Å². The van der Waals surface area contributed by atoms with Crippen LogP contribution in [0.15, 0.2) is 72.8 Å². The smallest absolute Gasteiger partial charge is 0.337 e. The molecule has 1 heterocycles. The van der Waals surface area contributed by atoms with Crippen molar-refractivity contribution in [3.63, 3.8) is 0 Å². The Labute approximate surface area is 219 Å². The molecule has 0 saturated carbocycles. The summed E-state index contributed by atoms with van der Waals surface area (Å²) in [5, 5.41) is 5.49. The second kappa shape index (κ2) is 11.6. The molecule has 0 aliphatic carbocycles. The molecule has 0 spiro atoms. The van der Waals surface area contributed by atoms with E-state index >= 15 is 0 Å². The molecule has 1 aliphatic heterocycles. The van der Waals surface area contributed by atoms with Gasteiger partial charge in [-0.3, -0.25) is 14.9 Å². The Morgan fingerprint density at radius 3 is 2.24 bits per heavy atom. The van der Waals surface area contributed by atoms with Crippen molar-refractivity contribution in [3.05, 3.63) is 95.3 Å². The van der Waals surface area contributed by atoms with Gasteiger partial charge in [-0.1, -0.05) is 24.3 Å². The van der Waals surface area contributed by atoms with Crippen molar-refractivity contribution in [1.82, 2.24) is 10.2 Å². The molecule has 3 aromatic carbocycles. The molecule has 8 nitrogen and oxygen atoms in total. The predicted molar refractivity (Wildman–Crippen MR) is 142 cm³/mol. The Kier molecular flexibility index (Phi) is 8.09. The number of ether oxygens (including phenoxy) is 1.